The molecule has 0 aliphatic rings. The van der Waals surface area contributed by atoms with Crippen LogP contribution in [0.3, 0.4) is 0 Å². The van der Waals surface area contributed by atoms with Crippen molar-refractivity contribution in [3.63, 3.8) is 0 Å². The van der Waals surface area contributed by atoms with Gasteiger partial charge in [0.2, 0.25) is 5.09 Å². The van der Waals surface area contributed by atoms with Gasteiger partial charge in [-0.1, -0.05) is 15.9 Å². The Morgan fingerprint density at radius 1 is 1.24 bits per heavy atom. The van der Waals surface area contributed by atoms with Crippen molar-refractivity contribution < 1.29 is 21.6 Å². The predicted molar refractivity (Wildman–Crippen MR) is 76.3 cm³/mol. The van der Waals surface area contributed by atoms with E-state index in [1.54, 1.807) is 7.05 Å². The molecule has 9 heteroatoms. The number of halogens is 3. The summed E-state index contributed by atoms with van der Waals surface area (Å²) in [5, 5.41) is 2.37. The fourth-order valence-corrected chi connectivity index (χ4v) is 3.03. The summed E-state index contributed by atoms with van der Waals surface area (Å²) in [4.78, 5) is 0. The van der Waals surface area contributed by atoms with Gasteiger partial charge in [0, 0.05) is 4.47 Å². The van der Waals surface area contributed by atoms with Crippen LogP contribution in [0.15, 0.2) is 38.2 Å². The van der Waals surface area contributed by atoms with E-state index in [2.05, 4.69) is 21.2 Å². The van der Waals surface area contributed by atoms with Crippen molar-refractivity contribution in [3.05, 3.63) is 46.1 Å². The molecule has 0 saturated heterocycles. The largest absolute Gasteiger partial charge is 0.446 e. The first kappa shape index (κ1) is 15.9. The quantitative estimate of drug-likeness (QED) is 0.836. The fraction of sp³-hybridized carbons (Fsp3) is 0.167. The Bertz CT molecular complexity index is 739. The minimum absolute atomic E-state index is 0.162. The summed E-state index contributed by atoms with van der Waals surface area (Å²) >= 11 is 2.91. The first-order valence-corrected chi connectivity index (χ1v) is 8.02. The predicted octanol–water partition coefficient (Wildman–Crippen LogP) is 2.84. The zero-order valence-corrected chi connectivity index (χ0v) is 13.2. The fourth-order valence-electron chi connectivity index (χ4n) is 1.60. The summed E-state index contributed by atoms with van der Waals surface area (Å²) in [7, 11) is -2.54. The zero-order valence-electron chi connectivity index (χ0n) is 10.8. The molecule has 1 aromatic heterocycles. The Kier molecular flexibility index (Phi) is 4.64. The van der Waals surface area contributed by atoms with E-state index in [1.807, 2.05) is 4.72 Å². The molecule has 2 aromatic rings. The van der Waals surface area contributed by atoms with E-state index in [0.29, 0.717) is 12.3 Å². The third-order valence-electron chi connectivity index (χ3n) is 2.50. The molecule has 5 nitrogen and oxygen atoms in total. The molecule has 2 N–H and O–H groups in total. The molecule has 0 bridgehead atoms. The van der Waals surface area contributed by atoms with Crippen molar-refractivity contribution in [2.24, 2.45) is 0 Å². The maximum absolute atomic E-state index is 13.6. The van der Waals surface area contributed by atoms with Crippen LogP contribution in [0.25, 0.3) is 0 Å². The van der Waals surface area contributed by atoms with Crippen molar-refractivity contribution in [1.29, 1.82) is 0 Å². The summed E-state index contributed by atoms with van der Waals surface area (Å²) in [5.41, 5.74) is -0.759. The minimum Gasteiger partial charge on any atom is -0.446 e. The summed E-state index contributed by atoms with van der Waals surface area (Å²) < 4.78 is 58.5. The molecule has 1 heterocycles. The van der Waals surface area contributed by atoms with Crippen LogP contribution in [-0.2, 0) is 16.6 Å². The lowest BCUT2D eigenvalue weighted by molar-refractivity contribution is 0.408. The van der Waals surface area contributed by atoms with E-state index in [9.17, 15) is 17.2 Å². The van der Waals surface area contributed by atoms with Crippen LogP contribution in [0.1, 0.15) is 5.76 Å². The normalized spacial score (nSPS) is 11.6. The number of benzene rings is 1. The van der Waals surface area contributed by atoms with Crippen molar-refractivity contribution >= 4 is 31.6 Å². The van der Waals surface area contributed by atoms with Gasteiger partial charge in [-0.25, -0.2) is 8.78 Å². The van der Waals surface area contributed by atoms with Crippen molar-refractivity contribution in [2.45, 2.75) is 11.6 Å². The molecule has 0 spiro atoms. The van der Waals surface area contributed by atoms with Crippen LogP contribution in [0.4, 0.5) is 14.5 Å². The van der Waals surface area contributed by atoms with E-state index in [0.717, 1.165) is 12.1 Å². The third-order valence-corrected chi connectivity index (χ3v) is 4.18. The average molecular weight is 381 g/mol. The highest BCUT2D eigenvalue weighted by atomic mass is 79.9. The maximum atomic E-state index is 13.6. The molecule has 21 heavy (non-hydrogen) atoms. The van der Waals surface area contributed by atoms with Gasteiger partial charge >= 0.3 is 0 Å². The number of hydrogen-bond acceptors (Lipinski definition) is 4. The minimum atomic E-state index is -4.21. The van der Waals surface area contributed by atoms with Gasteiger partial charge in [-0.15, -0.1) is 0 Å². The summed E-state index contributed by atoms with van der Waals surface area (Å²) in [5.74, 6) is -1.69. The number of hydrogen-bond donors (Lipinski definition) is 2. The number of nitrogens with one attached hydrogen (secondary N) is 2. The van der Waals surface area contributed by atoms with Gasteiger partial charge in [-0.05, 0) is 31.3 Å². The molecule has 0 fully saturated rings. The molecule has 0 aliphatic heterocycles. The second-order valence-corrected chi connectivity index (χ2v) is 6.63. The van der Waals surface area contributed by atoms with Gasteiger partial charge in [0.1, 0.15) is 11.4 Å². The van der Waals surface area contributed by atoms with E-state index >= 15 is 0 Å². The van der Waals surface area contributed by atoms with Gasteiger partial charge in [0.25, 0.3) is 10.0 Å². The Morgan fingerprint density at radius 2 is 1.86 bits per heavy atom. The van der Waals surface area contributed by atoms with Gasteiger partial charge in [0.15, 0.2) is 11.6 Å². The Balaban J connectivity index is 2.33. The number of furan rings is 1. The van der Waals surface area contributed by atoms with Crippen molar-refractivity contribution in [2.75, 3.05) is 11.8 Å². The lowest BCUT2D eigenvalue weighted by Crippen LogP contribution is -2.14. The smallest absolute Gasteiger partial charge is 0.295 e. The van der Waals surface area contributed by atoms with Crippen LogP contribution in [0.2, 0.25) is 0 Å². The van der Waals surface area contributed by atoms with Crippen LogP contribution < -0.4 is 10.0 Å². The first-order chi connectivity index (χ1) is 9.83. The second kappa shape index (κ2) is 6.12. The van der Waals surface area contributed by atoms with Crippen molar-refractivity contribution in [3.8, 4) is 0 Å². The second-order valence-electron chi connectivity index (χ2n) is 4.10. The molecular formula is C12H11BrF2N2O3S. The summed E-state index contributed by atoms with van der Waals surface area (Å²) in [6, 6.07) is 4.58. The van der Waals surface area contributed by atoms with Gasteiger partial charge in [-0.2, -0.15) is 8.42 Å². The SMILES string of the molecule is CNCc1ccc(S(=O)(=O)Nc2c(F)cc(Br)cc2F)o1. The van der Waals surface area contributed by atoms with E-state index in [4.69, 9.17) is 4.42 Å². The molecule has 1 aromatic carbocycles. The first-order valence-electron chi connectivity index (χ1n) is 5.74. The van der Waals surface area contributed by atoms with Crippen LogP contribution >= 0.6 is 15.9 Å². The molecule has 0 radical (unpaired) electrons. The maximum Gasteiger partial charge on any atom is 0.295 e. The summed E-state index contributed by atoms with van der Waals surface area (Å²) in [6.45, 7) is 0.330. The Hall–Kier alpha value is -1.45. The highest BCUT2D eigenvalue weighted by Gasteiger charge is 2.23. The summed E-state index contributed by atoms with van der Waals surface area (Å²) in [6.07, 6.45) is 0. The monoisotopic (exact) mass is 380 g/mol. The zero-order chi connectivity index (χ0) is 15.6. The topological polar surface area (TPSA) is 71.3 Å². The van der Waals surface area contributed by atoms with E-state index in [1.165, 1.54) is 12.1 Å². The highest BCUT2D eigenvalue weighted by molar-refractivity contribution is 9.10. The van der Waals surface area contributed by atoms with Crippen LogP contribution in [0.5, 0.6) is 0 Å². The lowest BCUT2D eigenvalue weighted by Gasteiger charge is -2.08. The molecular weight excluding hydrogens is 370 g/mol. The third kappa shape index (κ3) is 3.60. The van der Waals surface area contributed by atoms with Crippen LogP contribution in [-0.4, -0.2) is 15.5 Å². The van der Waals surface area contributed by atoms with E-state index in [-0.39, 0.29) is 4.47 Å². The van der Waals surface area contributed by atoms with Crippen LogP contribution in [0, 0.1) is 11.6 Å². The van der Waals surface area contributed by atoms with E-state index < -0.39 is 32.4 Å². The molecule has 0 amide bonds. The van der Waals surface area contributed by atoms with Crippen molar-refractivity contribution in [1.82, 2.24) is 5.32 Å². The lowest BCUT2D eigenvalue weighted by atomic mass is 10.3. The number of sulfonamides is 1. The number of anilines is 1. The molecule has 2 rings (SSSR count). The standard InChI is InChI=1S/C12H11BrF2N2O3S/c1-16-6-8-2-3-11(20-8)21(18,19)17-12-9(14)4-7(13)5-10(12)15/h2-5,16-17H,6H2,1H3. The average Bonchev–Trinajstić information content (AvgIpc) is 2.84. The number of rotatable bonds is 5. The van der Waals surface area contributed by atoms with Gasteiger partial charge in [-0.3, -0.25) is 4.72 Å². The highest BCUT2D eigenvalue weighted by Crippen LogP contribution is 2.26. The molecule has 0 unspecified atom stereocenters. The molecule has 0 atom stereocenters. The van der Waals surface area contributed by atoms with Gasteiger partial charge in [0.05, 0.1) is 6.54 Å². The molecule has 0 aliphatic carbocycles. The van der Waals surface area contributed by atoms with Gasteiger partial charge < -0.3 is 9.73 Å². The Morgan fingerprint density at radius 3 is 2.43 bits per heavy atom. The molecule has 0 saturated carbocycles. The Labute approximate surface area is 128 Å². The molecule has 114 valence electrons.